The molecule has 0 aliphatic rings. The molecule has 0 saturated carbocycles. The summed E-state index contributed by atoms with van der Waals surface area (Å²) < 4.78 is 23.0. The molecule has 0 aliphatic heterocycles. The normalized spacial score (nSPS) is 11.2. The zero-order chi connectivity index (χ0) is 13.6. The zero-order valence-corrected chi connectivity index (χ0v) is 11.2. The summed E-state index contributed by atoms with van der Waals surface area (Å²) in [6.45, 7) is 2.16. The van der Waals surface area contributed by atoms with E-state index in [2.05, 4.69) is 5.32 Å². The van der Waals surface area contributed by atoms with Gasteiger partial charge in [0.2, 0.25) is 5.91 Å². The number of nitrogens with one attached hydrogen (secondary N) is 1. The van der Waals surface area contributed by atoms with Crippen molar-refractivity contribution in [3.8, 4) is 0 Å². The molecule has 1 aromatic carbocycles. The SMILES string of the molecule is CCCS(=O)(=O)CCNc1cccc(C(N)=O)c1. The maximum Gasteiger partial charge on any atom is 0.248 e. The minimum atomic E-state index is -2.98. The molecule has 5 nitrogen and oxygen atoms in total. The van der Waals surface area contributed by atoms with Gasteiger partial charge < -0.3 is 11.1 Å². The lowest BCUT2D eigenvalue weighted by Gasteiger charge is -2.07. The van der Waals surface area contributed by atoms with Crippen molar-refractivity contribution in [1.29, 1.82) is 0 Å². The van der Waals surface area contributed by atoms with Crippen molar-refractivity contribution in [2.24, 2.45) is 5.73 Å². The molecule has 3 N–H and O–H groups in total. The first kappa shape index (κ1) is 14.5. The van der Waals surface area contributed by atoms with Crippen molar-refractivity contribution in [3.63, 3.8) is 0 Å². The monoisotopic (exact) mass is 270 g/mol. The number of amides is 1. The smallest absolute Gasteiger partial charge is 0.248 e. The number of carbonyl (C=O) groups is 1. The lowest BCUT2D eigenvalue weighted by atomic mass is 10.2. The fourth-order valence-electron chi connectivity index (χ4n) is 1.55. The van der Waals surface area contributed by atoms with Gasteiger partial charge in [-0.2, -0.15) is 0 Å². The van der Waals surface area contributed by atoms with Crippen LogP contribution in [0.2, 0.25) is 0 Å². The molecule has 0 saturated heterocycles. The van der Waals surface area contributed by atoms with Crippen molar-refractivity contribution < 1.29 is 13.2 Å². The predicted molar refractivity (Wildman–Crippen MR) is 72.4 cm³/mol. The Bertz CT molecular complexity index is 512. The van der Waals surface area contributed by atoms with E-state index in [0.717, 1.165) is 0 Å². The van der Waals surface area contributed by atoms with E-state index in [9.17, 15) is 13.2 Å². The van der Waals surface area contributed by atoms with Gasteiger partial charge in [0.25, 0.3) is 0 Å². The number of carbonyl (C=O) groups excluding carboxylic acids is 1. The third kappa shape index (κ3) is 4.75. The van der Waals surface area contributed by atoms with Crippen LogP contribution in [0.15, 0.2) is 24.3 Å². The van der Waals surface area contributed by atoms with Gasteiger partial charge in [-0.05, 0) is 24.6 Å². The fraction of sp³-hybridized carbons (Fsp3) is 0.417. The van der Waals surface area contributed by atoms with Crippen LogP contribution in [0.5, 0.6) is 0 Å². The van der Waals surface area contributed by atoms with E-state index in [1.165, 1.54) is 0 Å². The maximum absolute atomic E-state index is 11.5. The average Bonchev–Trinajstić information content (AvgIpc) is 2.29. The Morgan fingerprint density at radius 1 is 1.33 bits per heavy atom. The quantitative estimate of drug-likeness (QED) is 0.774. The van der Waals surface area contributed by atoms with Gasteiger partial charge in [-0.1, -0.05) is 13.0 Å². The molecule has 0 atom stereocenters. The number of sulfone groups is 1. The third-order valence-electron chi connectivity index (χ3n) is 2.40. The van der Waals surface area contributed by atoms with E-state index in [-0.39, 0.29) is 11.5 Å². The van der Waals surface area contributed by atoms with Crippen LogP contribution >= 0.6 is 0 Å². The standard InChI is InChI=1S/C12H18N2O3S/c1-2-7-18(16,17)8-6-14-11-5-3-4-10(9-11)12(13)15/h3-5,9,14H,2,6-8H2,1H3,(H2,13,15). The molecular formula is C12H18N2O3S. The first-order chi connectivity index (χ1) is 8.44. The first-order valence-electron chi connectivity index (χ1n) is 5.79. The summed E-state index contributed by atoms with van der Waals surface area (Å²) >= 11 is 0. The van der Waals surface area contributed by atoms with Crippen LogP contribution in [0.25, 0.3) is 0 Å². The summed E-state index contributed by atoms with van der Waals surface area (Å²) in [5.74, 6) is -0.213. The van der Waals surface area contributed by atoms with Crippen LogP contribution in [-0.2, 0) is 9.84 Å². The topological polar surface area (TPSA) is 89.3 Å². The van der Waals surface area contributed by atoms with Gasteiger partial charge in [-0.15, -0.1) is 0 Å². The highest BCUT2D eigenvalue weighted by Crippen LogP contribution is 2.09. The molecule has 6 heteroatoms. The lowest BCUT2D eigenvalue weighted by molar-refractivity contribution is 0.100. The van der Waals surface area contributed by atoms with Crippen molar-refractivity contribution in [1.82, 2.24) is 0 Å². The number of benzene rings is 1. The van der Waals surface area contributed by atoms with Gasteiger partial charge in [0.1, 0.15) is 0 Å². The highest BCUT2D eigenvalue weighted by molar-refractivity contribution is 7.91. The number of hydrogen-bond acceptors (Lipinski definition) is 4. The van der Waals surface area contributed by atoms with Crippen molar-refractivity contribution in [2.45, 2.75) is 13.3 Å². The largest absolute Gasteiger partial charge is 0.384 e. The molecule has 1 rings (SSSR count). The van der Waals surface area contributed by atoms with E-state index < -0.39 is 15.7 Å². The Kier molecular flexibility index (Phi) is 5.15. The zero-order valence-electron chi connectivity index (χ0n) is 10.3. The molecule has 0 fully saturated rings. The van der Waals surface area contributed by atoms with Crippen LogP contribution < -0.4 is 11.1 Å². The molecule has 18 heavy (non-hydrogen) atoms. The Morgan fingerprint density at radius 2 is 2.06 bits per heavy atom. The van der Waals surface area contributed by atoms with Crippen molar-refractivity contribution in [2.75, 3.05) is 23.4 Å². The molecule has 100 valence electrons. The second kappa shape index (κ2) is 6.39. The average molecular weight is 270 g/mol. The molecule has 0 spiro atoms. The number of nitrogens with two attached hydrogens (primary N) is 1. The maximum atomic E-state index is 11.5. The summed E-state index contributed by atoms with van der Waals surface area (Å²) in [5, 5.41) is 2.97. The first-order valence-corrected chi connectivity index (χ1v) is 7.61. The molecule has 1 amide bonds. The van der Waals surface area contributed by atoms with Crippen molar-refractivity contribution >= 4 is 21.4 Å². The fourth-order valence-corrected chi connectivity index (χ4v) is 2.79. The minimum Gasteiger partial charge on any atom is -0.384 e. The van der Waals surface area contributed by atoms with E-state index in [1.807, 2.05) is 6.92 Å². The molecule has 1 aromatic rings. The molecule has 0 bridgehead atoms. The molecular weight excluding hydrogens is 252 g/mol. The van der Waals surface area contributed by atoms with Crippen LogP contribution in [0.1, 0.15) is 23.7 Å². The Hall–Kier alpha value is -1.56. The van der Waals surface area contributed by atoms with Crippen LogP contribution in [0.4, 0.5) is 5.69 Å². The van der Waals surface area contributed by atoms with Gasteiger partial charge in [0, 0.05) is 23.5 Å². The number of hydrogen-bond donors (Lipinski definition) is 2. The van der Waals surface area contributed by atoms with Gasteiger partial charge in [-0.3, -0.25) is 4.79 Å². The van der Waals surface area contributed by atoms with E-state index in [1.54, 1.807) is 24.3 Å². The molecule has 0 aromatic heterocycles. The second-order valence-corrected chi connectivity index (χ2v) is 6.33. The lowest BCUT2D eigenvalue weighted by Crippen LogP contribution is -2.18. The summed E-state index contributed by atoms with van der Waals surface area (Å²) in [5.41, 5.74) is 6.25. The van der Waals surface area contributed by atoms with Gasteiger partial charge in [0.15, 0.2) is 9.84 Å². The molecule has 0 heterocycles. The van der Waals surface area contributed by atoms with Crippen LogP contribution in [0, 0.1) is 0 Å². The molecule has 0 radical (unpaired) electrons. The molecule has 0 aliphatic carbocycles. The van der Waals surface area contributed by atoms with Crippen LogP contribution in [-0.4, -0.2) is 32.4 Å². The highest BCUT2D eigenvalue weighted by Gasteiger charge is 2.08. The number of primary amides is 1. The summed E-state index contributed by atoms with van der Waals surface area (Å²) in [6.07, 6.45) is 0.624. The third-order valence-corrected chi connectivity index (χ3v) is 4.26. The summed E-state index contributed by atoms with van der Waals surface area (Å²) in [6, 6.07) is 6.68. The van der Waals surface area contributed by atoms with Gasteiger partial charge >= 0.3 is 0 Å². The van der Waals surface area contributed by atoms with Gasteiger partial charge in [0.05, 0.1) is 5.75 Å². The number of rotatable bonds is 7. The predicted octanol–water partition coefficient (Wildman–Crippen LogP) is 1.02. The second-order valence-electron chi connectivity index (χ2n) is 4.02. The minimum absolute atomic E-state index is 0.0850. The molecule has 0 unspecified atom stereocenters. The van der Waals surface area contributed by atoms with Gasteiger partial charge in [-0.25, -0.2) is 8.42 Å². The van der Waals surface area contributed by atoms with Crippen molar-refractivity contribution in [3.05, 3.63) is 29.8 Å². The van der Waals surface area contributed by atoms with E-state index in [4.69, 9.17) is 5.73 Å². The summed E-state index contributed by atoms with van der Waals surface area (Å²) in [7, 11) is -2.98. The Balaban J connectivity index is 2.54. The highest BCUT2D eigenvalue weighted by atomic mass is 32.2. The summed E-state index contributed by atoms with van der Waals surface area (Å²) in [4.78, 5) is 11.0. The van der Waals surface area contributed by atoms with E-state index in [0.29, 0.717) is 24.2 Å². The number of anilines is 1. The van der Waals surface area contributed by atoms with Crippen LogP contribution in [0.3, 0.4) is 0 Å². The van der Waals surface area contributed by atoms with E-state index >= 15 is 0 Å². The Morgan fingerprint density at radius 3 is 2.67 bits per heavy atom. The Labute approximate surface area is 107 Å².